The molecule has 0 rings (SSSR count). The van der Waals surface area contributed by atoms with E-state index in [0.717, 1.165) is 12.8 Å². The van der Waals surface area contributed by atoms with E-state index in [1.54, 1.807) is 0 Å². The van der Waals surface area contributed by atoms with E-state index < -0.39 is 0 Å². The molecule has 0 fully saturated rings. The highest BCUT2D eigenvalue weighted by Crippen LogP contribution is 2.24. The summed E-state index contributed by atoms with van der Waals surface area (Å²) in [6, 6.07) is 1.95. The smallest absolute Gasteiger partial charge is 0.0908 e. The van der Waals surface area contributed by atoms with Gasteiger partial charge in [0.05, 0.1) is 6.07 Å². The molecule has 0 saturated heterocycles. The maximum absolute atomic E-state index is 8.22. The van der Waals surface area contributed by atoms with Crippen LogP contribution in [0.5, 0.6) is 0 Å². The molecule has 0 N–H and O–H groups in total. The predicted octanol–water partition coefficient (Wildman–Crippen LogP) is 2.51. The molecular weight excluding hydrogens is 134 g/mol. The first-order valence-corrected chi connectivity index (χ1v) is 3.60. The number of rotatable bonds is 3. The standard InChI is InChI=1S/C10H13N/c1-4-7-10(2,3)8-5-6-9-11/h1,5-6H,7-8H2,2-3H3/b6-5+. The van der Waals surface area contributed by atoms with Gasteiger partial charge >= 0.3 is 0 Å². The van der Waals surface area contributed by atoms with Crippen LogP contribution in [0.3, 0.4) is 0 Å². The summed E-state index contributed by atoms with van der Waals surface area (Å²) in [5.74, 6) is 2.62. The zero-order valence-electron chi connectivity index (χ0n) is 7.09. The van der Waals surface area contributed by atoms with Gasteiger partial charge < -0.3 is 0 Å². The Hall–Kier alpha value is -1.21. The third-order valence-electron chi connectivity index (χ3n) is 1.44. The minimum atomic E-state index is 0.127. The van der Waals surface area contributed by atoms with E-state index in [1.807, 2.05) is 12.1 Å². The molecular formula is C10H13N. The van der Waals surface area contributed by atoms with Crippen molar-refractivity contribution in [1.29, 1.82) is 5.26 Å². The maximum Gasteiger partial charge on any atom is 0.0908 e. The predicted molar refractivity (Wildman–Crippen MR) is 46.6 cm³/mol. The minimum absolute atomic E-state index is 0.127. The van der Waals surface area contributed by atoms with Crippen LogP contribution >= 0.6 is 0 Å². The van der Waals surface area contributed by atoms with E-state index >= 15 is 0 Å². The van der Waals surface area contributed by atoms with E-state index in [9.17, 15) is 0 Å². The first-order chi connectivity index (χ1) is 5.12. The molecule has 0 aromatic rings. The van der Waals surface area contributed by atoms with Crippen molar-refractivity contribution in [1.82, 2.24) is 0 Å². The summed E-state index contributed by atoms with van der Waals surface area (Å²) >= 11 is 0. The van der Waals surface area contributed by atoms with Crippen LogP contribution in [0.4, 0.5) is 0 Å². The van der Waals surface area contributed by atoms with Crippen LogP contribution in [0.25, 0.3) is 0 Å². The Balaban J connectivity index is 3.86. The van der Waals surface area contributed by atoms with Crippen LogP contribution in [-0.4, -0.2) is 0 Å². The Morgan fingerprint density at radius 1 is 1.55 bits per heavy atom. The molecule has 0 aliphatic rings. The third kappa shape index (κ3) is 5.25. The monoisotopic (exact) mass is 147 g/mol. The quantitative estimate of drug-likeness (QED) is 0.444. The molecule has 0 heterocycles. The van der Waals surface area contributed by atoms with Crippen LogP contribution in [-0.2, 0) is 0 Å². The van der Waals surface area contributed by atoms with E-state index in [1.165, 1.54) is 6.08 Å². The second-order valence-corrected chi connectivity index (χ2v) is 3.28. The molecule has 0 amide bonds. The fourth-order valence-electron chi connectivity index (χ4n) is 0.779. The highest BCUT2D eigenvalue weighted by molar-refractivity contribution is 5.04. The molecule has 0 unspecified atom stereocenters. The van der Waals surface area contributed by atoms with Gasteiger partial charge in [0.15, 0.2) is 0 Å². The average molecular weight is 147 g/mol. The Bertz CT molecular complexity index is 210. The minimum Gasteiger partial charge on any atom is -0.193 e. The Labute approximate surface area is 68.7 Å². The van der Waals surface area contributed by atoms with Crippen molar-refractivity contribution in [2.75, 3.05) is 0 Å². The van der Waals surface area contributed by atoms with E-state index in [-0.39, 0.29) is 5.41 Å². The molecule has 0 bridgehead atoms. The summed E-state index contributed by atoms with van der Waals surface area (Å²) in [4.78, 5) is 0. The van der Waals surface area contributed by atoms with Gasteiger partial charge in [-0.15, -0.1) is 12.3 Å². The molecule has 11 heavy (non-hydrogen) atoms. The van der Waals surface area contributed by atoms with Crippen molar-refractivity contribution in [3.63, 3.8) is 0 Å². The Kier molecular flexibility index (Phi) is 4.08. The van der Waals surface area contributed by atoms with Crippen LogP contribution < -0.4 is 0 Å². The van der Waals surface area contributed by atoms with Crippen LogP contribution in [0.2, 0.25) is 0 Å². The summed E-state index contributed by atoms with van der Waals surface area (Å²) in [5.41, 5.74) is 0.127. The molecule has 0 aliphatic heterocycles. The molecule has 0 aromatic heterocycles. The molecule has 1 heteroatoms. The Morgan fingerprint density at radius 2 is 2.18 bits per heavy atom. The lowest BCUT2D eigenvalue weighted by Gasteiger charge is -2.18. The van der Waals surface area contributed by atoms with Crippen molar-refractivity contribution in [3.05, 3.63) is 12.2 Å². The maximum atomic E-state index is 8.22. The van der Waals surface area contributed by atoms with Crippen molar-refractivity contribution in [2.24, 2.45) is 5.41 Å². The van der Waals surface area contributed by atoms with Gasteiger partial charge in [0.1, 0.15) is 0 Å². The summed E-state index contributed by atoms with van der Waals surface area (Å²) in [7, 11) is 0. The van der Waals surface area contributed by atoms with E-state index in [0.29, 0.717) is 0 Å². The first-order valence-electron chi connectivity index (χ1n) is 3.60. The molecule has 1 nitrogen and oxygen atoms in total. The SMILES string of the molecule is C#CCC(C)(C)C/C=C/C#N. The van der Waals surface area contributed by atoms with Crippen molar-refractivity contribution in [2.45, 2.75) is 26.7 Å². The van der Waals surface area contributed by atoms with Crippen molar-refractivity contribution >= 4 is 0 Å². The van der Waals surface area contributed by atoms with Gasteiger partial charge in [-0.2, -0.15) is 5.26 Å². The first kappa shape index (κ1) is 9.79. The van der Waals surface area contributed by atoms with Crippen molar-refractivity contribution < 1.29 is 0 Å². The topological polar surface area (TPSA) is 23.8 Å². The number of nitrogens with zero attached hydrogens (tertiary/aromatic N) is 1. The number of hydrogen-bond donors (Lipinski definition) is 0. The molecule has 0 aromatic carbocycles. The molecule has 0 atom stereocenters. The van der Waals surface area contributed by atoms with E-state index in [2.05, 4.69) is 19.8 Å². The zero-order chi connectivity index (χ0) is 8.74. The van der Waals surface area contributed by atoms with Crippen LogP contribution in [0.1, 0.15) is 26.7 Å². The molecule has 0 radical (unpaired) electrons. The lowest BCUT2D eigenvalue weighted by atomic mass is 9.86. The number of terminal acetylenes is 1. The lowest BCUT2D eigenvalue weighted by molar-refractivity contribution is 0.383. The summed E-state index contributed by atoms with van der Waals surface area (Å²) in [6.45, 7) is 4.18. The van der Waals surface area contributed by atoms with Crippen LogP contribution in [0, 0.1) is 29.1 Å². The fraction of sp³-hybridized carbons (Fsp3) is 0.500. The second-order valence-electron chi connectivity index (χ2n) is 3.28. The fourth-order valence-corrected chi connectivity index (χ4v) is 0.779. The highest BCUT2D eigenvalue weighted by Gasteiger charge is 2.13. The van der Waals surface area contributed by atoms with E-state index in [4.69, 9.17) is 11.7 Å². The number of allylic oxidation sites excluding steroid dienone is 2. The van der Waals surface area contributed by atoms with Crippen molar-refractivity contribution in [3.8, 4) is 18.4 Å². The summed E-state index contributed by atoms with van der Waals surface area (Å²) in [6.07, 6.45) is 10.2. The highest BCUT2D eigenvalue weighted by atomic mass is 14.2. The summed E-state index contributed by atoms with van der Waals surface area (Å²) in [5, 5.41) is 8.22. The number of hydrogen-bond acceptors (Lipinski definition) is 1. The molecule has 0 aliphatic carbocycles. The van der Waals surface area contributed by atoms with Gasteiger partial charge in [-0.25, -0.2) is 0 Å². The second kappa shape index (κ2) is 4.58. The summed E-state index contributed by atoms with van der Waals surface area (Å²) < 4.78 is 0. The molecule has 0 spiro atoms. The van der Waals surface area contributed by atoms with Gasteiger partial charge in [-0.1, -0.05) is 19.9 Å². The van der Waals surface area contributed by atoms with Crippen LogP contribution in [0.15, 0.2) is 12.2 Å². The third-order valence-corrected chi connectivity index (χ3v) is 1.44. The van der Waals surface area contributed by atoms with Gasteiger partial charge in [-0.05, 0) is 11.8 Å². The van der Waals surface area contributed by atoms with Gasteiger partial charge in [0.25, 0.3) is 0 Å². The zero-order valence-corrected chi connectivity index (χ0v) is 7.09. The van der Waals surface area contributed by atoms with Gasteiger partial charge in [0, 0.05) is 12.5 Å². The van der Waals surface area contributed by atoms with Gasteiger partial charge in [0.2, 0.25) is 0 Å². The molecule has 58 valence electrons. The average Bonchev–Trinajstić information content (AvgIpc) is 1.87. The Morgan fingerprint density at radius 3 is 2.64 bits per heavy atom. The normalized spacial score (nSPS) is 10.9. The lowest BCUT2D eigenvalue weighted by Crippen LogP contribution is -2.07. The molecule has 0 saturated carbocycles. The van der Waals surface area contributed by atoms with Gasteiger partial charge in [-0.3, -0.25) is 0 Å². The number of nitriles is 1. The largest absolute Gasteiger partial charge is 0.193 e.